The molecule has 0 spiro atoms. The van der Waals surface area contributed by atoms with Crippen LogP contribution in [0.2, 0.25) is 0 Å². The van der Waals surface area contributed by atoms with Gasteiger partial charge in [-0.3, -0.25) is 19.9 Å². The molecule has 0 fully saturated rings. The van der Waals surface area contributed by atoms with Crippen LogP contribution >= 0.6 is 0 Å². The molecule has 100 heavy (non-hydrogen) atoms. The van der Waals surface area contributed by atoms with Crippen LogP contribution in [0.4, 0.5) is 8.78 Å². The van der Waals surface area contributed by atoms with Crippen molar-refractivity contribution >= 4 is 0 Å². The maximum absolute atomic E-state index is 13.9. The lowest BCUT2D eigenvalue weighted by Gasteiger charge is -2.24. The first-order chi connectivity index (χ1) is 44.3. The normalized spacial score (nSPS) is 13.0. The van der Waals surface area contributed by atoms with E-state index >= 15 is 0 Å². The molecule has 8 nitrogen and oxygen atoms in total. The van der Waals surface area contributed by atoms with Crippen LogP contribution in [0.5, 0.6) is 0 Å². The van der Waals surface area contributed by atoms with Gasteiger partial charge in [0.05, 0.1) is 28.5 Å². The van der Waals surface area contributed by atoms with E-state index in [4.69, 9.17) is 0 Å². The van der Waals surface area contributed by atoms with Crippen molar-refractivity contribution in [3.63, 3.8) is 0 Å². The molecule has 0 atom stereocenters. The van der Waals surface area contributed by atoms with Crippen LogP contribution in [0.25, 0.3) is 0 Å². The van der Waals surface area contributed by atoms with Gasteiger partial charge in [0.1, 0.15) is 17.5 Å². The number of hydrogen-bond donors (Lipinski definition) is 0. The predicted octanol–water partition coefficient (Wildman–Crippen LogP) is 25.4. The van der Waals surface area contributed by atoms with Crippen LogP contribution in [0.3, 0.4) is 0 Å². The molecule has 0 saturated heterocycles. The lowest BCUT2D eigenvalue weighted by atomic mass is 9.82. The third kappa shape index (κ3) is 32.0. The standard InChI is InChI=1S/C14H21F.C14H22.C13H20FN.C13H21N.3C12H20N2/c1-13(2,3)10-7-8-11(12(15)9-10)14(4,5)6;1-13(2,3)11-7-9-12(10-8-11)14(4,5)6;1-12(2,3)9-7-10(14)11(15-8-9)13(4,5)6;1-12(2,3)10-7-8-11(14-9-10)13(4,5)6;1-11(2,3)9-7-14-10(8-13-9)12(4,5)6;1-11(2,3)9-7-13-10(14-8-9)12(4,5)6;1-11(2,3)9-7-8-10(14-13-9)12(4,5)6/h7-9H,1-6H3;7-10H,1-6H3;7-8H,1-6H3;7-9H,1-6H3;3*7-8H,1-6H3. The van der Waals surface area contributed by atoms with E-state index in [1.165, 1.54) is 22.3 Å². The molecule has 7 rings (SSSR count). The Labute approximate surface area is 612 Å². The Morgan fingerprint density at radius 2 is 0.480 bits per heavy atom. The fraction of sp³-hybridized carbons (Fsp3) is 0.622. The average molecular weight is 1380 g/mol. The SMILES string of the molecule is CC(C)(C)c1ccc(C(C)(C)C)c(F)c1.CC(C)(C)c1ccc(C(C)(C)C)cc1.CC(C)(C)c1ccc(C(C)(C)C)nc1.CC(C)(C)c1ccc(C(C)(C)C)nn1.CC(C)(C)c1cnc(C(C)(C)C)c(F)c1.CC(C)(C)c1cnc(C(C)(C)C)cn1.CC(C)(C)c1cnc(C(C)(C)C)nc1. The van der Waals surface area contributed by atoms with Gasteiger partial charge in [0, 0.05) is 80.8 Å². The van der Waals surface area contributed by atoms with Crippen molar-refractivity contribution in [1.29, 1.82) is 0 Å². The molecule has 0 radical (unpaired) electrons. The molecule has 0 bridgehead atoms. The van der Waals surface area contributed by atoms with E-state index in [1.807, 2.05) is 84.7 Å². The zero-order valence-electron chi connectivity index (χ0n) is 71.7. The summed E-state index contributed by atoms with van der Waals surface area (Å²) in [6.45, 7) is 89.8. The van der Waals surface area contributed by atoms with Crippen molar-refractivity contribution in [2.24, 2.45) is 0 Å². The van der Waals surface area contributed by atoms with Gasteiger partial charge < -0.3 is 0 Å². The molecule has 0 amide bonds. The molecule has 0 unspecified atom stereocenters. The third-order valence-electron chi connectivity index (χ3n) is 16.7. The molecule has 558 valence electrons. The van der Waals surface area contributed by atoms with Gasteiger partial charge in [0.25, 0.3) is 0 Å². The van der Waals surface area contributed by atoms with E-state index < -0.39 is 0 Å². The van der Waals surface area contributed by atoms with Crippen LogP contribution in [0.15, 0.2) is 110 Å². The monoisotopic (exact) mass is 1380 g/mol. The lowest BCUT2D eigenvalue weighted by molar-refractivity contribution is 0.493. The van der Waals surface area contributed by atoms with Crippen LogP contribution in [0, 0.1) is 11.6 Å². The van der Waals surface area contributed by atoms with E-state index in [0.29, 0.717) is 5.69 Å². The first-order valence-corrected chi connectivity index (χ1v) is 36.4. The van der Waals surface area contributed by atoms with Gasteiger partial charge in [0.2, 0.25) is 0 Å². The summed E-state index contributed by atoms with van der Waals surface area (Å²) in [4.78, 5) is 26.5. The van der Waals surface area contributed by atoms with Crippen LogP contribution in [0.1, 0.15) is 370 Å². The van der Waals surface area contributed by atoms with Crippen molar-refractivity contribution < 1.29 is 8.78 Å². The number of aromatic nitrogens is 8. The van der Waals surface area contributed by atoms with Gasteiger partial charge in [-0.2, -0.15) is 10.2 Å². The molecule has 0 N–H and O–H groups in total. The summed E-state index contributed by atoms with van der Waals surface area (Å²) in [7, 11) is 0. The highest BCUT2D eigenvalue weighted by atomic mass is 19.1. The zero-order chi connectivity index (χ0) is 78.6. The summed E-state index contributed by atoms with van der Waals surface area (Å²) in [5.74, 6) is 0.621. The van der Waals surface area contributed by atoms with Crippen molar-refractivity contribution in [3.05, 3.63) is 201 Å². The van der Waals surface area contributed by atoms with Crippen molar-refractivity contribution in [3.8, 4) is 0 Å². The number of benzene rings is 2. The van der Waals surface area contributed by atoms with Crippen LogP contribution in [-0.2, 0) is 75.8 Å². The maximum atomic E-state index is 13.9. The van der Waals surface area contributed by atoms with Gasteiger partial charge in [-0.05, 0) is 107 Å². The number of pyridine rings is 2. The second-order valence-corrected chi connectivity index (χ2v) is 41.6. The second kappa shape index (κ2) is 34.0. The summed E-state index contributed by atoms with van der Waals surface area (Å²) in [5.41, 5.74) is 14.9. The van der Waals surface area contributed by atoms with Crippen LogP contribution in [-0.4, -0.2) is 40.1 Å². The van der Waals surface area contributed by atoms with Gasteiger partial charge in [-0.1, -0.05) is 333 Å². The van der Waals surface area contributed by atoms with Gasteiger partial charge in [-0.25, -0.2) is 18.7 Å². The summed E-state index contributed by atoms with van der Waals surface area (Å²) >= 11 is 0. The molecule has 2 aromatic carbocycles. The van der Waals surface area contributed by atoms with E-state index in [0.717, 1.165) is 51.0 Å². The smallest absolute Gasteiger partial charge is 0.145 e. The summed E-state index contributed by atoms with van der Waals surface area (Å²) in [6, 6.07) is 24.7. The highest BCUT2D eigenvalue weighted by Gasteiger charge is 2.27. The van der Waals surface area contributed by atoms with E-state index in [-0.39, 0.29) is 87.4 Å². The Kier molecular flexibility index (Phi) is 31.2. The second-order valence-electron chi connectivity index (χ2n) is 41.6. The van der Waals surface area contributed by atoms with Crippen molar-refractivity contribution in [1.82, 2.24) is 40.1 Å². The molecule has 0 aliphatic carbocycles. The third-order valence-corrected chi connectivity index (χ3v) is 16.7. The summed E-state index contributed by atoms with van der Waals surface area (Å²) in [6.07, 6.45) is 11.4. The number of rotatable bonds is 0. The van der Waals surface area contributed by atoms with E-state index in [2.05, 4.69) is 338 Å². The molecule has 7 aromatic rings. The minimum atomic E-state index is -0.236. The molecule has 10 heteroatoms. The summed E-state index contributed by atoms with van der Waals surface area (Å²) in [5, 5.41) is 8.53. The van der Waals surface area contributed by atoms with E-state index in [9.17, 15) is 8.78 Å². The highest BCUT2D eigenvalue weighted by molar-refractivity contribution is 5.34. The fourth-order valence-electron chi connectivity index (χ4n) is 9.08. The Bertz CT molecular complexity index is 2930. The molecule has 0 saturated carbocycles. The molecule has 0 aliphatic heterocycles. The zero-order valence-corrected chi connectivity index (χ0v) is 71.7. The van der Waals surface area contributed by atoms with Gasteiger partial charge in [0.15, 0.2) is 0 Å². The lowest BCUT2D eigenvalue weighted by Crippen LogP contribution is -2.19. The molecule has 0 aliphatic rings. The Morgan fingerprint density at radius 1 is 0.200 bits per heavy atom. The van der Waals surface area contributed by atoms with E-state index in [1.54, 1.807) is 18.3 Å². The number of nitrogens with zero attached hydrogens (tertiary/aromatic N) is 8. The Balaban J connectivity index is 0.000000583. The molecular weight excluding hydrogens is 1230 g/mol. The number of halogens is 2. The van der Waals surface area contributed by atoms with Crippen molar-refractivity contribution in [2.75, 3.05) is 0 Å². The first-order valence-electron chi connectivity index (χ1n) is 36.4. The fourth-order valence-corrected chi connectivity index (χ4v) is 9.08. The summed E-state index contributed by atoms with van der Waals surface area (Å²) < 4.78 is 27.7. The van der Waals surface area contributed by atoms with Gasteiger partial charge in [-0.15, -0.1) is 0 Å². The molecular formula is C90H144F2N8. The topological polar surface area (TPSA) is 103 Å². The van der Waals surface area contributed by atoms with Gasteiger partial charge >= 0.3 is 0 Å². The highest BCUT2D eigenvalue weighted by Crippen LogP contribution is 2.33. The van der Waals surface area contributed by atoms with Crippen molar-refractivity contribution in [2.45, 2.75) is 367 Å². The number of hydrogen-bond acceptors (Lipinski definition) is 8. The first kappa shape index (κ1) is 91.9. The quantitative estimate of drug-likeness (QED) is 0.148. The molecule has 5 heterocycles. The maximum Gasteiger partial charge on any atom is 0.145 e. The minimum absolute atomic E-state index is 0.0112. The minimum Gasteiger partial charge on any atom is -0.260 e. The van der Waals surface area contributed by atoms with Crippen LogP contribution < -0.4 is 0 Å². The Morgan fingerprint density at radius 3 is 0.720 bits per heavy atom. The predicted molar refractivity (Wildman–Crippen MR) is 429 cm³/mol. The largest absolute Gasteiger partial charge is 0.260 e. The average Bonchev–Trinajstić information content (AvgIpc) is 0.834. The molecule has 5 aromatic heterocycles. The Hall–Kier alpha value is -6.16.